The van der Waals surface area contributed by atoms with E-state index < -0.39 is 11.7 Å². The van der Waals surface area contributed by atoms with Crippen LogP contribution in [-0.4, -0.2) is 0 Å². The minimum Gasteiger partial charge on any atom is -0.399 e. The van der Waals surface area contributed by atoms with Crippen molar-refractivity contribution >= 4 is 25.1 Å². The summed E-state index contributed by atoms with van der Waals surface area (Å²) >= 11 is 0. The van der Waals surface area contributed by atoms with Crippen molar-refractivity contribution in [2.45, 2.75) is 6.18 Å². The van der Waals surface area contributed by atoms with Crippen molar-refractivity contribution in [1.82, 2.24) is 0 Å². The summed E-state index contributed by atoms with van der Waals surface area (Å²) in [5.41, 5.74) is 11.6. The van der Waals surface area contributed by atoms with E-state index in [0.717, 1.165) is 23.5 Å². The molecule has 0 bridgehead atoms. The highest BCUT2D eigenvalue weighted by molar-refractivity contribution is 7.34. The summed E-state index contributed by atoms with van der Waals surface area (Å²) in [7, 11) is -0.268. The van der Waals surface area contributed by atoms with Gasteiger partial charge in [0, 0.05) is 16.7 Å². The first-order valence-electron chi connectivity index (χ1n) is 7.44. The van der Waals surface area contributed by atoms with Gasteiger partial charge in [0.1, 0.15) is 0 Å². The van der Waals surface area contributed by atoms with E-state index in [4.69, 9.17) is 11.5 Å². The zero-order valence-corrected chi connectivity index (χ0v) is 14.6. The Balaban J connectivity index is 0.000000207. The van der Waals surface area contributed by atoms with Crippen LogP contribution in [0.5, 0.6) is 0 Å². The van der Waals surface area contributed by atoms with Gasteiger partial charge >= 0.3 is 6.18 Å². The van der Waals surface area contributed by atoms with Crippen LogP contribution < -0.4 is 16.8 Å². The first-order valence-corrected chi connectivity index (χ1v) is 8.26. The Morgan fingerprint density at radius 1 is 0.654 bits per heavy atom. The van der Waals surface area contributed by atoms with E-state index in [0.29, 0.717) is 5.30 Å². The molecular weight excluding hydrogens is 360 g/mol. The van der Waals surface area contributed by atoms with Crippen molar-refractivity contribution in [2.75, 3.05) is 11.5 Å². The molecule has 3 aromatic carbocycles. The average Bonchev–Trinajstić information content (AvgIpc) is 2.63. The van der Waals surface area contributed by atoms with Crippen LogP contribution in [0.4, 0.5) is 24.5 Å². The molecule has 0 aliphatic heterocycles. The van der Waals surface area contributed by atoms with Crippen LogP contribution in [0.15, 0.2) is 84.9 Å². The van der Waals surface area contributed by atoms with Crippen molar-refractivity contribution in [2.24, 2.45) is 0 Å². The molecule has 0 aliphatic carbocycles. The van der Waals surface area contributed by atoms with E-state index in [-0.39, 0.29) is 8.46 Å². The van der Waals surface area contributed by atoms with Crippen LogP contribution in [0.3, 0.4) is 0 Å². The molecule has 7 heteroatoms. The molecule has 3 nitrogen and oxygen atoms in total. The number of alkyl halides is 3. The molecule has 0 aliphatic rings. The molecule has 0 saturated heterocycles. The van der Waals surface area contributed by atoms with Gasteiger partial charge in [-0.3, -0.25) is 4.57 Å². The SMILES string of the molecule is Nc1ccccc1.Nc1ccccc1.O=Pc1ccc(C(F)(F)F)cc1. The second-order valence-electron chi connectivity index (χ2n) is 4.96. The Bertz CT molecular complexity index is 727. The van der Waals surface area contributed by atoms with Gasteiger partial charge in [-0.2, -0.15) is 13.2 Å². The molecule has 136 valence electrons. The lowest BCUT2D eigenvalue weighted by atomic mass is 10.2. The monoisotopic (exact) mass is 378 g/mol. The van der Waals surface area contributed by atoms with Crippen LogP contribution in [0.2, 0.25) is 0 Å². The van der Waals surface area contributed by atoms with Gasteiger partial charge in [-0.1, -0.05) is 36.4 Å². The molecule has 0 aromatic heterocycles. The number of anilines is 2. The highest BCUT2D eigenvalue weighted by Gasteiger charge is 2.29. The minimum atomic E-state index is -4.32. The van der Waals surface area contributed by atoms with Gasteiger partial charge < -0.3 is 11.5 Å². The Hall–Kier alpha value is -2.85. The molecule has 0 saturated carbocycles. The molecule has 0 spiro atoms. The topological polar surface area (TPSA) is 69.1 Å². The van der Waals surface area contributed by atoms with E-state index >= 15 is 0 Å². The summed E-state index contributed by atoms with van der Waals surface area (Å²) in [4.78, 5) is 0. The summed E-state index contributed by atoms with van der Waals surface area (Å²) in [6, 6.07) is 23.1. The minimum absolute atomic E-state index is 0.268. The standard InChI is InChI=1S/C7H4F3OP.2C6H7N/c8-7(9,10)5-1-3-6(12-11)4-2-5;2*7-6-4-2-1-3-5-6/h1-4H;2*1-5H,7H2. The Morgan fingerprint density at radius 3 is 1.27 bits per heavy atom. The van der Waals surface area contributed by atoms with Gasteiger partial charge in [-0.25, -0.2) is 0 Å². The van der Waals surface area contributed by atoms with E-state index in [1.54, 1.807) is 0 Å². The van der Waals surface area contributed by atoms with Gasteiger partial charge in [0.05, 0.1) is 5.56 Å². The van der Waals surface area contributed by atoms with Gasteiger partial charge in [0.15, 0.2) is 8.46 Å². The average molecular weight is 378 g/mol. The molecule has 0 amide bonds. The fraction of sp³-hybridized carbons (Fsp3) is 0.0526. The van der Waals surface area contributed by atoms with Crippen LogP contribution in [0.1, 0.15) is 5.56 Å². The van der Waals surface area contributed by atoms with Gasteiger partial charge in [0.2, 0.25) is 0 Å². The lowest BCUT2D eigenvalue weighted by Crippen LogP contribution is -2.05. The second-order valence-corrected chi connectivity index (χ2v) is 5.66. The number of nitrogen functional groups attached to an aromatic ring is 2. The summed E-state index contributed by atoms with van der Waals surface area (Å²) in [5, 5.41) is 0.336. The van der Waals surface area contributed by atoms with Crippen LogP contribution in [0, 0.1) is 0 Å². The third-order valence-electron chi connectivity index (χ3n) is 2.90. The van der Waals surface area contributed by atoms with Crippen molar-refractivity contribution < 1.29 is 17.7 Å². The molecule has 0 unspecified atom stereocenters. The zero-order valence-electron chi connectivity index (χ0n) is 13.7. The van der Waals surface area contributed by atoms with Crippen molar-refractivity contribution in [1.29, 1.82) is 0 Å². The highest BCUT2D eigenvalue weighted by Crippen LogP contribution is 2.28. The van der Waals surface area contributed by atoms with E-state index in [1.165, 1.54) is 12.1 Å². The van der Waals surface area contributed by atoms with Crippen LogP contribution >= 0.6 is 8.46 Å². The number of benzene rings is 3. The summed E-state index contributed by atoms with van der Waals surface area (Å²) in [5.74, 6) is 0. The number of hydrogen-bond acceptors (Lipinski definition) is 3. The lowest BCUT2D eigenvalue weighted by molar-refractivity contribution is -0.137. The number of para-hydroxylation sites is 2. The fourth-order valence-electron chi connectivity index (χ4n) is 1.62. The smallest absolute Gasteiger partial charge is 0.399 e. The highest BCUT2D eigenvalue weighted by atomic mass is 31.1. The quantitative estimate of drug-likeness (QED) is 0.454. The molecule has 26 heavy (non-hydrogen) atoms. The largest absolute Gasteiger partial charge is 0.416 e. The predicted octanol–water partition coefficient (Wildman–Crippen LogP) is 5.16. The van der Waals surface area contributed by atoms with E-state index in [1.807, 2.05) is 60.7 Å². The Kier molecular flexibility index (Phi) is 8.88. The number of rotatable bonds is 1. The molecule has 0 heterocycles. The third-order valence-corrected chi connectivity index (χ3v) is 3.41. The molecule has 0 radical (unpaired) electrons. The van der Waals surface area contributed by atoms with Crippen molar-refractivity contribution in [3.63, 3.8) is 0 Å². The maximum absolute atomic E-state index is 11.9. The number of nitrogens with two attached hydrogens (primary N) is 2. The summed E-state index contributed by atoms with van der Waals surface area (Å²) in [6.07, 6.45) is -4.32. The molecule has 0 atom stereocenters. The maximum atomic E-state index is 11.9. The molecule has 0 fully saturated rings. The fourth-order valence-corrected chi connectivity index (χ4v) is 1.89. The first kappa shape index (κ1) is 21.2. The van der Waals surface area contributed by atoms with Gasteiger partial charge in [-0.15, -0.1) is 0 Å². The molecule has 3 rings (SSSR count). The maximum Gasteiger partial charge on any atom is 0.416 e. The normalized spacial score (nSPS) is 10.1. The predicted molar refractivity (Wildman–Crippen MR) is 100 cm³/mol. The summed E-state index contributed by atoms with van der Waals surface area (Å²) < 4.78 is 46.0. The van der Waals surface area contributed by atoms with Gasteiger partial charge in [0.25, 0.3) is 0 Å². The van der Waals surface area contributed by atoms with Crippen molar-refractivity contribution in [3.05, 3.63) is 90.5 Å². The zero-order chi connectivity index (χ0) is 19.4. The third kappa shape index (κ3) is 8.85. The summed E-state index contributed by atoms with van der Waals surface area (Å²) in [6.45, 7) is 0. The van der Waals surface area contributed by atoms with E-state index in [2.05, 4.69) is 0 Å². The van der Waals surface area contributed by atoms with Crippen LogP contribution in [0.25, 0.3) is 0 Å². The second kappa shape index (κ2) is 10.9. The van der Waals surface area contributed by atoms with Crippen molar-refractivity contribution in [3.8, 4) is 0 Å². The lowest BCUT2D eigenvalue weighted by Gasteiger charge is -2.04. The first-order chi connectivity index (χ1) is 12.3. The Labute approximate surface area is 151 Å². The van der Waals surface area contributed by atoms with E-state index in [9.17, 15) is 17.7 Å². The Morgan fingerprint density at radius 2 is 1.04 bits per heavy atom. The number of hydrogen-bond donors (Lipinski definition) is 2. The number of halogens is 3. The molecule has 3 aromatic rings. The molecular formula is C19H18F3N2OP. The van der Waals surface area contributed by atoms with Crippen LogP contribution in [-0.2, 0) is 10.7 Å². The van der Waals surface area contributed by atoms with Gasteiger partial charge in [-0.05, 0) is 48.5 Å². The molecule has 4 N–H and O–H groups in total.